The highest BCUT2D eigenvalue weighted by atomic mass is 16.5. The lowest BCUT2D eigenvalue weighted by atomic mass is 9.98. The van der Waals surface area contributed by atoms with Crippen molar-refractivity contribution in [3.05, 3.63) is 0 Å². The Bertz CT molecular complexity index is 176. The second kappa shape index (κ2) is 6.02. The Balaban J connectivity index is 2.09. The van der Waals surface area contributed by atoms with Gasteiger partial charge in [-0.3, -0.25) is 4.79 Å². The van der Waals surface area contributed by atoms with Gasteiger partial charge in [0.05, 0.1) is 12.7 Å². The predicted octanol–water partition coefficient (Wildman–Crippen LogP) is 1.86. The molecule has 0 aliphatic heterocycles. The second-order valence-electron chi connectivity index (χ2n) is 4.19. The van der Waals surface area contributed by atoms with Gasteiger partial charge in [-0.15, -0.1) is 0 Å². The maximum absolute atomic E-state index is 10.7. The van der Waals surface area contributed by atoms with Crippen LogP contribution in [0.3, 0.4) is 0 Å². The lowest BCUT2D eigenvalue weighted by molar-refractivity contribution is -0.120. The predicted molar refractivity (Wildman–Crippen MR) is 56.1 cm³/mol. The molecule has 14 heavy (non-hydrogen) atoms. The number of amides is 1. The summed E-state index contributed by atoms with van der Waals surface area (Å²) in [7, 11) is 0. The van der Waals surface area contributed by atoms with Gasteiger partial charge in [-0.1, -0.05) is 19.3 Å². The van der Waals surface area contributed by atoms with Crippen LogP contribution in [-0.4, -0.2) is 24.7 Å². The number of carbonyl (C=O) groups excluding carboxylic acids is 1. The minimum atomic E-state index is 0.0183. The van der Waals surface area contributed by atoms with Crippen LogP contribution in [0.2, 0.25) is 0 Å². The molecule has 1 saturated carbocycles. The van der Waals surface area contributed by atoms with Crippen LogP contribution < -0.4 is 5.32 Å². The Hall–Kier alpha value is -0.570. The molecule has 0 aromatic heterocycles. The lowest BCUT2D eigenvalue weighted by Crippen LogP contribution is -2.35. The summed E-state index contributed by atoms with van der Waals surface area (Å²) < 4.78 is 5.73. The Kier molecular flexibility index (Phi) is 4.94. The van der Waals surface area contributed by atoms with Crippen molar-refractivity contribution in [2.75, 3.05) is 6.61 Å². The molecule has 0 aromatic carbocycles. The number of hydrogen-bond acceptors (Lipinski definition) is 2. The lowest BCUT2D eigenvalue weighted by Gasteiger charge is -2.23. The fraction of sp³-hybridized carbons (Fsp3) is 0.909. The van der Waals surface area contributed by atoms with Crippen molar-refractivity contribution in [2.24, 2.45) is 0 Å². The number of ether oxygens (including phenoxy) is 1. The first-order chi connectivity index (χ1) is 6.68. The van der Waals surface area contributed by atoms with Gasteiger partial charge >= 0.3 is 0 Å². The molecular formula is C11H21NO2. The zero-order valence-electron chi connectivity index (χ0n) is 9.21. The zero-order valence-corrected chi connectivity index (χ0v) is 9.21. The van der Waals surface area contributed by atoms with Gasteiger partial charge in [0.1, 0.15) is 0 Å². The van der Waals surface area contributed by atoms with Crippen molar-refractivity contribution in [1.29, 1.82) is 0 Å². The topological polar surface area (TPSA) is 38.3 Å². The molecule has 1 N–H and O–H groups in total. The van der Waals surface area contributed by atoms with E-state index >= 15 is 0 Å². The maximum Gasteiger partial charge on any atom is 0.217 e. The molecule has 1 atom stereocenters. The Labute approximate surface area is 86.2 Å². The second-order valence-corrected chi connectivity index (χ2v) is 4.19. The molecule has 0 spiro atoms. The maximum atomic E-state index is 10.7. The molecular weight excluding hydrogens is 178 g/mol. The van der Waals surface area contributed by atoms with E-state index in [1.165, 1.54) is 39.0 Å². The van der Waals surface area contributed by atoms with Gasteiger partial charge in [-0.05, 0) is 19.8 Å². The molecule has 0 aromatic rings. The summed E-state index contributed by atoms with van der Waals surface area (Å²) in [5.41, 5.74) is 0. The van der Waals surface area contributed by atoms with E-state index in [4.69, 9.17) is 4.74 Å². The number of nitrogens with one attached hydrogen (secondary N) is 1. The van der Waals surface area contributed by atoms with Crippen LogP contribution in [0.25, 0.3) is 0 Å². The third-order valence-electron chi connectivity index (χ3n) is 2.58. The summed E-state index contributed by atoms with van der Waals surface area (Å²) in [5, 5.41) is 2.82. The van der Waals surface area contributed by atoms with Crippen LogP contribution >= 0.6 is 0 Å². The van der Waals surface area contributed by atoms with Crippen LogP contribution in [0.1, 0.15) is 46.0 Å². The van der Waals surface area contributed by atoms with Crippen molar-refractivity contribution in [1.82, 2.24) is 5.32 Å². The number of hydrogen-bond donors (Lipinski definition) is 1. The van der Waals surface area contributed by atoms with Gasteiger partial charge in [-0.2, -0.15) is 0 Å². The summed E-state index contributed by atoms with van der Waals surface area (Å²) in [6, 6.07) is 0.134. The standard InChI is InChI=1S/C11H21NO2/c1-9(12-10(2)13)8-14-11-6-4-3-5-7-11/h9,11H,3-8H2,1-2H3,(H,12,13). The first-order valence-electron chi connectivity index (χ1n) is 5.57. The quantitative estimate of drug-likeness (QED) is 0.750. The van der Waals surface area contributed by atoms with Crippen LogP contribution in [-0.2, 0) is 9.53 Å². The van der Waals surface area contributed by atoms with Crippen molar-refractivity contribution < 1.29 is 9.53 Å². The van der Waals surface area contributed by atoms with E-state index in [1.807, 2.05) is 6.92 Å². The van der Waals surface area contributed by atoms with E-state index in [0.717, 1.165) is 0 Å². The molecule has 1 amide bonds. The van der Waals surface area contributed by atoms with Crippen molar-refractivity contribution >= 4 is 5.91 Å². The van der Waals surface area contributed by atoms with Gasteiger partial charge in [0, 0.05) is 13.0 Å². The van der Waals surface area contributed by atoms with Gasteiger partial charge in [0.2, 0.25) is 5.91 Å². The minimum Gasteiger partial charge on any atom is -0.376 e. The zero-order chi connectivity index (χ0) is 10.4. The molecule has 0 radical (unpaired) electrons. The van der Waals surface area contributed by atoms with Gasteiger partial charge in [-0.25, -0.2) is 0 Å². The monoisotopic (exact) mass is 199 g/mol. The van der Waals surface area contributed by atoms with Crippen LogP contribution in [0.4, 0.5) is 0 Å². The van der Waals surface area contributed by atoms with Gasteiger partial charge in [0.15, 0.2) is 0 Å². The Morgan fingerprint density at radius 1 is 1.43 bits per heavy atom. The van der Waals surface area contributed by atoms with E-state index in [0.29, 0.717) is 12.7 Å². The molecule has 1 fully saturated rings. The average Bonchev–Trinajstić information content (AvgIpc) is 2.15. The van der Waals surface area contributed by atoms with Crippen molar-refractivity contribution in [3.63, 3.8) is 0 Å². The van der Waals surface area contributed by atoms with E-state index in [1.54, 1.807) is 0 Å². The first-order valence-corrected chi connectivity index (χ1v) is 5.57. The van der Waals surface area contributed by atoms with E-state index in [9.17, 15) is 4.79 Å². The van der Waals surface area contributed by atoms with Crippen molar-refractivity contribution in [2.45, 2.75) is 58.1 Å². The molecule has 3 nitrogen and oxygen atoms in total. The van der Waals surface area contributed by atoms with Gasteiger partial charge in [0.25, 0.3) is 0 Å². The van der Waals surface area contributed by atoms with E-state index < -0.39 is 0 Å². The molecule has 82 valence electrons. The Morgan fingerprint density at radius 2 is 2.07 bits per heavy atom. The number of rotatable bonds is 4. The molecule has 1 aliphatic rings. The average molecular weight is 199 g/mol. The molecule has 0 bridgehead atoms. The van der Waals surface area contributed by atoms with Crippen molar-refractivity contribution in [3.8, 4) is 0 Å². The summed E-state index contributed by atoms with van der Waals surface area (Å²) >= 11 is 0. The van der Waals surface area contributed by atoms with E-state index in [2.05, 4.69) is 5.32 Å². The Morgan fingerprint density at radius 3 is 2.64 bits per heavy atom. The van der Waals surface area contributed by atoms with Crippen LogP contribution in [0, 0.1) is 0 Å². The highest BCUT2D eigenvalue weighted by Crippen LogP contribution is 2.20. The highest BCUT2D eigenvalue weighted by Gasteiger charge is 2.14. The fourth-order valence-corrected chi connectivity index (χ4v) is 1.90. The largest absolute Gasteiger partial charge is 0.376 e. The summed E-state index contributed by atoms with van der Waals surface area (Å²) in [5.74, 6) is 0.0183. The normalized spacial score (nSPS) is 20.4. The molecule has 1 rings (SSSR count). The SMILES string of the molecule is CC(=O)NC(C)COC1CCCCC1. The minimum absolute atomic E-state index is 0.0183. The fourth-order valence-electron chi connectivity index (χ4n) is 1.90. The molecule has 0 heterocycles. The molecule has 1 unspecified atom stereocenters. The highest BCUT2D eigenvalue weighted by molar-refractivity contribution is 5.73. The smallest absolute Gasteiger partial charge is 0.217 e. The molecule has 0 saturated heterocycles. The molecule has 3 heteroatoms. The first kappa shape index (κ1) is 11.5. The third kappa shape index (κ3) is 4.61. The third-order valence-corrected chi connectivity index (χ3v) is 2.58. The van der Waals surface area contributed by atoms with Crippen LogP contribution in [0.5, 0.6) is 0 Å². The summed E-state index contributed by atoms with van der Waals surface area (Å²) in [4.78, 5) is 10.7. The summed E-state index contributed by atoms with van der Waals surface area (Å²) in [6.07, 6.45) is 6.74. The van der Waals surface area contributed by atoms with Crippen LogP contribution in [0.15, 0.2) is 0 Å². The van der Waals surface area contributed by atoms with E-state index in [-0.39, 0.29) is 11.9 Å². The van der Waals surface area contributed by atoms with Gasteiger partial charge < -0.3 is 10.1 Å². The summed E-state index contributed by atoms with van der Waals surface area (Å²) in [6.45, 7) is 4.16. The number of carbonyl (C=O) groups is 1. The molecule has 1 aliphatic carbocycles.